The van der Waals surface area contributed by atoms with Crippen molar-refractivity contribution in [2.45, 2.75) is 118 Å². The van der Waals surface area contributed by atoms with E-state index >= 15 is 0 Å². The van der Waals surface area contributed by atoms with Crippen molar-refractivity contribution >= 4 is 40.4 Å². The Balaban J connectivity index is 0.000000122. The third-order valence-corrected chi connectivity index (χ3v) is 16.4. The van der Waals surface area contributed by atoms with Gasteiger partial charge in [0.15, 0.2) is 80.5 Å². The smallest absolute Gasteiger partial charge is 0.481 e. The van der Waals surface area contributed by atoms with Crippen LogP contribution in [0, 0.1) is 22.7 Å². The van der Waals surface area contributed by atoms with Gasteiger partial charge in [-0.1, -0.05) is 36.4 Å². The summed E-state index contributed by atoms with van der Waals surface area (Å²) in [5.74, 6) is -2.60. The van der Waals surface area contributed by atoms with Gasteiger partial charge in [-0.05, 0) is 175 Å². The average Bonchev–Trinajstić information content (AvgIpc) is 1.60. The summed E-state index contributed by atoms with van der Waals surface area (Å²) in [6, 6.07) is 33.2. The Kier molecular flexibility index (Phi) is 19.4. The summed E-state index contributed by atoms with van der Waals surface area (Å²) in [5.41, 5.74) is 1.32. The number of aliphatic carboxylic acids is 1. The number of carboxylic acids is 2. The summed E-state index contributed by atoms with van der Waals surface area (Å²) in [6.45, 7) is -0.220. The van der Waals surface area contributed by atoms with Crippen LogP contribution in [0.25, 0.3) is 0 Å². The molecule has 0 aromatic heterocycles. The molecule has 0 saturated heterocycles. The number of fused-ring (bicyclic) bond motifs is 7. The zero-order valence-corrected chi connectivity index (χ0v) is 53.2. The fraction of sp³-hybridized carbons (Fsp3) is 0.288. The van der Waals surface area contributed by atoms with Gasteiger partial charge in [-0.2, -0.15) is 10.5 Å². The highest BCUT2D eigenvalue weighted by Gasteiger charge is 2.55. The Bertz CT molecular complexity index is 4460. The Morgan fingerprint density at radius 2 is 0.663 bits per heavy atom. The fourth-order valence-electron chi connectivity index (χ4n) is 10.2. The van der Waals surface area contributed by atoms with Crippen LogP contribution in [0.2, 0.25) is 0 Å². The normalized spacial score (nSPS) is 19.6. The molecule has 22 nitrogen and oxygen atoms in total. The predicted octanol–water partition coefficient (Wildman–Crippen LogP) is 15.5. The highest BCUT2D eigenvalue weighted by atomic mass is 35.5. The van der Waals surface area contributed by atoms with Crippen molar-refractivity contribution in [3.05, 3.63) is 166 Å². The first-order valence-corrected chi connectivity index (χ1v) is 30.5. The molecule has 3 N–H and O–H groups in total. The van der Waals surface area contributed by atoms with E-state index in [0.29, 0.717) is 53.5 Å². The van der Waals surface area contributed by atoms with E-state index < -0.39 is 77.5 Å². The van der Waals surface area contributed by atoms with Gasteiger partial charge >= 0.3 is 56.0 Å². The number of carbonyl (C=O) groups is 3. The minimum Gasteiger partial charge on any atom is -0.481 e. The van der Waals surface area contributed by atoms with Gasteiger partial charge in [0.1, 0.15) is 0 Å². The second-order valence-electron chi connectivity index (χ2n) is 23.0. The van der Waals surface area contributed by atoms with E-state index in [9.17, 15) is 75.8 Å². The van der Waals surface area contributed by atoms with Gasteiger partial charge in [-0.3, -0.25) is 9.59 Å². The monoisotopic (exact) mass is 1520 g/mol. The zero-order valence-electron chi connectivity index (χ0n) is 51.7. The van der Waals surface area contributed by atoms with E-state index in [-0.39, 0.29) is 105 Å². The lowest BCUT2D eigenvalue weighted by molar-refractivity contribution is -0.287. The topological polar surface area (TPSA) is 289 Å². The van der Waals surface area contributed by atoms with Gasteiger partial charge in [0.25, 0.3) is 0 Å². The number of carboxylic acid groups (broad SMARTS) is 2. The van der Waals surface area contributed by atoms with Gasteiger partial charge in [0.05, 0.1) is 47.0 Å². The van der Waals surface area contributed by atoms with Crippen molar-refractivity contribution in [3.8, 4) is 92.6 Å². The van der Waals surface area contributed by atoms with Crippen LogP contribution in [-0.4, -0.2) is 76.6 Å². The van der Waals surface area contributed by atoms with Gasteiger partial charge in [-0.15, -0.1) is 73.1 Å². The molecule has 38 heteroatoms. The van der Waals surface area contributed by atoms with Crippen LogP contribution in [0.5, 0.6) is 80.5 Å². The highest BCUT2D eigenvalue weighted by molar-refractivity contribution is 6.66. The van der Waals surface area contributed by atoms with Crippen molar-refractivity contribution in [2.75, 3.05) is 0 Å². The van der Waals surface area contributed by atoms with Crippen LogP contribution >= 0.6 is 23.2 Å². The molecule has 0 atom stereocenters. The lowest BCUT2D eigenvalue weighted by Gasteiger charge is -2.10. The van der Waals surface area contributed by atoms with Crippen LogP contribution in [0.3, 0.4) is 0 Å². The average molecular weight is 1520 g/mol. The first-order chi connectivity index (χ1) is 48.7. The molecule has 17 rings (SSSR count). The standard InChI is InChI=1S/C11H7ClF2O3.C11H7F2NO2.C11H8F2O4.C9H5F2NO2.C8H5ClF2O2.C8H4F2O4.C8H6F2O3/c12-9(15)10(3-4-10)6-1-2-7-8(5-6)17-11(13,14)16-7;12-11(13)15-8-2-1-7(5-9(8)16-11)10(6-14)3-4-10;12-11(13)16-7-2-1-6(5-8(7)17-11)10(3-4-10)9(14)15;10-9(11)13-7-2-1-6(3-4-12)5-8(7)14-9;9-4-5-1-2-6-7(3-5)13-8(10,11)12-6;9-8(10)13-5-2-1-4(7(11)12)3-6(5)14-8;9-8(10)12-6-2-1-5(4-11)3-7(6)13-8/h1-2,5H,3-4H2;1-2,5H,3-4H2;1-2,5H,3-4H2,(H,14,15);1-2,5H,3H2;1-3H,4H2;1-3H,(H,11,12);1-3,11H,4H2. The molecule has 0 bridgehead atoms. The summed E-state index contributed by atoms with van der Waals surface area (Å²) < 4.78 is 236. The van der Waals surface area contributed by atoms with Crippen LogP contribution < -0.4 is 66.3 Å². The number of rotatable bonds is 9. The molecule has 0 spiro atoms. The van der Waals surface area contributed by atoms with Crippen LogP contribution in [0.1, 0.15) is 82.3 Å². The molecule has 0 radical (unpaired) electrons. The van der Waals surface area contributed by atoms with Gasteiger partial charge < -0.3 is 81.6 Å². The number of hydrogen-bond donors (Lipinski definition) is 3. The third-order valence-electron chi connectivity index (χ3n) is 15.8. The quantitative estimate of drug-likeness (QED) is 0.0687. The Hall–Kier alpha value is -11.1. The van der Waals surface area contributed by atoms with E-state index in [1.807, 2.05) is 6.07 Å². The molecule has 0 amide bonds. The molecule has 10 aliphatic rings. The van der Waals surface area contributed by atoms with Crippen molar-refractivity contribution in [2.24, 2.45) is 0 Å². The van der Waals surface area contributed by atoms with Gasteiger partial charge in [-0.25, -0.2) is 4.79 Å². The maximum Gasteiger partial charge on any atom is 0.586 e. The van der Waals surface area contributed by atoms with Crippen molar-refractivity contribution in [1.29, 1.82) is 10.5 Å². The van der Waals surface area contributed by atoms with E-state index in [2.05, 4.69) is 72.4 Å². The zero-order chi connectivity index (χ0) is 75.4. The van der Waals surface area contributed by atoms with Crippen LogP contribution in [0.15, 0.2) is 127 Å². The maximum atomic E-state index is 12.8. The lowest BCUT2D eigenvalue weighted by atomic mass is 9.96. The number of ether oxygens (including phenoxy) is 14. The summed E-state index contributed by atoms with van der Waals surface area (Å²) >= 11 is 11.0. The Labute approximate surface area is 583 Å². The predicted molar refractivity (Wildman–Crippen MR) is 317 cm³/mol. The summed E-state index contributed by atoms with van der Waals surface area (Å²) in [4.78, 5) is 32.9. The minimum absolute atomic E-state index is 0.00307. The van der Waals surface area contributed by atoms with Crippen LogP contribution in [0.4, 0.5) is 61.5 Å². The van der Waals surface area contributed by atoms with Gasteiger partial charge in [0.2, 0.25) is 5.24 Å². The summed E-state index contributed by atoms with van der Waals surface area (Å²) in [6.07, 6.45) is -21.4. The second-order valence-corrected chi connectivity index (χ2v) is 23.6. The second kappa shape index (κ2) is 27.3. The largest absolute Gasteiger partial charge is 0.586 e. The number of nitriles is 2. The molecule has 3 aliphatic carbocycles. The first kappa shape index (κ1) is 74.1. The molecule has 7 aromatic carbocycles. The number of aliphatic hydroxyl groups is 1. The molecule has 104 heavy (non-hydrogen) atoms. The molecular formula is C66H42Cl2F14N2O20. The lowest BCUT2D eigenvalue weighted by Crippen LogP contribution is -2.26. The van der Waals surface area contributed by atoms with Crippen molar-refractivity contribution in [3.63, 3.8) is 0 Å². The number of alkyl halides is 15. The number of hydrogen-bond acceptors (Lipinski definition) is 20. The number of halogens is 16. The summed E-state index contributed by atoms with van der Waals surface area (Å²) in [7, 11) is 0. The first-order valence-electron chi connectivity index (χ1n) is 29.6. The van der Waals surface area contributed by atoms with E-state index in [4.69, 9.17) is 49.0 Å². The van der Waals surface area contributed by atoms with Crippen LogP contribution in [-0.2, 0) is 44.7 Å². The molecule has 7 aliphatic heterocycles. The maximum absolute atomic E-state index is 12.8. The Morgan fingerprint density at radius 3 is 0.981 bits per heavy atom. The van der Waals surface area contributed by atoms with E-state index in [0.717, 1.165) is 36.6 Å². The Morgan fingerprint density at radius 1 is 0.375 bits per heavy atom. The minimum atomic E-state index is -3.71. The molecule has 548 valence electrons. The number of carbonyl (C=O) groups excluding carboxylic acids is 1. The third kappa shape index (κ3) is 16.8. The van der Waals surface area contributed by atoms with E-state index in [1.54, 1.807) is 24.3 Å². The SMILES string of the molecule is FC1(F)Oc2ccc(CCl)cc2O1.N#CC1(c2ccc3c(c2)OC(F)(F)O3)CC1.N#CCc1ccc2c(c1)OC(F)(F)O2.O=C(Cl)C1(c2ccc3c(c2)OC(F)(F)O3)CC1.O=C(O)C1(c2ccc3c(c2)OC(F)(F)O3)CC1.O=C(O)c1ccc2c(c1)OC(F)(F)O2.OCc1ccc2c(c1)OC(F)(F)O2. The molecule has 0 unspecified atom stereocenters. The summed E-state index contributed by atoms with van der Waals surface area (Å²) in [5, 5.41) is 43.3. The van der Waals surface area contributed by atoms with Crippen molar-refractivity contribution < 1.29 is 157 Å². The molecule has 3 saturated carbocycles. The highest BCUT2D eigenvalue weighted by Crippen LogP contribution is 2.56. The number of benzene rings is 7. The van der Waals surface area contributed by atoms with Crippen molar-refractivity contribution in [1.82, 2.24) is 0 Å². The number of aliphatic hydroxyl groups excluding tert-OH is 1. The molecule has 7 heterocycles. The number of nitrogens with zero attached hydrogens (tertiary/aromatic N) is 2. The molecule has 3 fully saturated rings. The molecule has 7 aromatic rings. The molecular weight excluding hydrogens is 1480 g/mol. The fourth-order valence-corrected chi connectivity index (χ4v) is 10.7. The number of aromatic carboxylic acids is 1. The van der Waals surface area contributed by atoms with Gasteiger partial charge in [0, 0.05) is 5.88 Å². The van der Waals surface area contributed by atoms with E-state index in [1.165, 1.54) is 84.9 Å².